The molecule has 0 atom stereocenters. The van der Waals surface area contributed by atoms with Crippen molar-refractivity contribution in [3.05, 3.63) is 60.7 Å². The van der Waals surface area contributed by atoms with Gasteiger partial charge in [0.15, 0.2) is 11.5 Å². The number of hydrogen-bond donors (Lipinski definition) is 1. The number of fused-ring (bicyclic) bond motifs is 2. The number of morpholine rings is 1. The van der Waals surface area contributed by atoms with Gasteiger partial charge in [-0.2, -0.15) is 0 Å². The Hall–Kier alpha value is -3.85. The number of anilines is 1. The number of ether oxygens (including phenoxy) is 1. The molecule has 1 fully saturated rings. The Morgan fingerprint density at radius 1 is 1.00 bits per heavy atom. The lowest BCUT2D eigenvalue weighted by atomic mass is 10.0. The molecule has 1 N–H and O–H groups in total. The highest BCUT2D eigenvalue weighted by atomic mass is 19.1. The summed E-state index contributed by atoms with van der Waals surface area (Å²) < 4.78 is 21.1. The highest BCUT2D eigenvalue weighted by molar-refractivity contribution is 5.88. The van der Waals surface area contributed by atoms with Gasteiger partial charge in [0.25, 0.3) is 0 Å². The first-order valence-corrected chi connectivity index (χ1v) is 10.0. The molecule has 0 amide bonds. The lowest BCUT2D eigenvalue weighted by Gasteiger charge is -2.27. The van der Waals surface area contributed by atoms with Gasteiger partial charge in [-0.15, -0.1) is 5.10 Å². The summed E-state index contributed by atoms with van der Waals surface area (Å²) in [6.07, 6.45) is 3.69. The molecule has 6 rings (SSSR count). The fraction of sp³-hybridized carbons (Fsp3) is 0.182. The van der Waals surface area contributed by atoms with Crippen LogP contribution >= 0.6 is 0 Å². The number of hydrogen-bond acceptors (Lipinski definition) is 6. The third-order valence-corrected chi connectivity index (χ3v) is 5.55. The molecule has 9 heteroatoms. The van der Waals surface area contributed by atoms with E-state index in [4.69, 9.17) is 9.72 Å². The zero-order valence-corrected chi connectivity index (χ0v) is 16.5. The largest absolute Gasteiger partial charge is 0.378 e. The molecule has 0 aliphatic carbocycles. The van der Waals surface area contributed by atoms with Gasteiger partial charge in [-0.3, -0.25) is 9.50 Å². The van der Waals surface area contributed by atoms with Gasteiger partial charge in [0.2, 0.25) is 0 Å². The van der Waals surface area contributed by atoms with Crippen LogP contribution in [0.4, 0.5) is 10.2 Å². The fourth-order valence-corrected chi connectivity index (χ4v) is 4.04. The van der Waals surface area contributed by atoms with E-state index in [1.807, 2.05) is 28.8 Å². The minimum absolute atomic E-state index is 0.284. The van der Waals surface area contributed by atoms with Gasteiger partial charge in [0, 0.05) is 36.6 Å². The van der Waals surface area contributed by atoms with Crippen LogP contribution in [0.2, 0.25) is 0 Å². The SMILES string of the molecule is Fc1ccc(-c2nc3c(N4CCOCC4)nccn3c2-c2ccc3[nH]nnc3c2)cc1. The van der Waals surface area contributed by atoms with Crippen LogP contribution in [-0.4, -0.2) is 56.1 Å². The second-order valence-electron chi connectivity index (χ2n) is 7.40. The molecule has 4 heterocycles. The van der Waals surface area contributed by atoms with Crippen molar-refractivity contribution in [3.8, 4) is 22.5 Å². The summed E-state index contributed by atoms with van der Waals surface area (Å²) >= 11 is 0. The number of nitrogens with one attached hydrogen (secondary N) is 1. The average molecular weight is 415 g/mol. The molecule has 0 unspecified atom stereocenters. The van der Waals surface area contributed by atoms with Gasteiger partial charge < -0.3 is 9.64 Å². The summed E-state index contributed by atoms with van der Waals surface area (Å²) in [4.78, 5) is 11.8. The third-order valence-electron chi connectivity index (χ3n) is 5.55. The molecule has 31 heavy (non-hydrogen) atoms. The minimum Gasteiger partial charge on any atom is -0.378 e. The first-order valence-electron chi connectivity index (χ1n) is 10.0. The Labute approximate surface area is 176 Å². The Morgan fingerprint density at radius 2 is 1.81 bits per heavy atom. The predicted molar refractivity (Wildman–Crippen MR) is 114 cm³/mol. The maximum absolute atomic E-state index is 13.6. The number of rotatable bonds is 3. The molecule has 0 bridgehead atoms. The molecule has 3 aromatic heterocycles. The van der Waals surface area contributed by atoms with Crippen LogP contribution in [0.15, 0.2) is 54.9 Å². The van der Waals surface area contributed by atoms with Gasteiger partial charge in [-0.25, -0.2) is 14.4 Å². The second-order valence-corrected chi connectivity index (χ2v) is 7.40. The number of imidazole rings is 1. The predicted octanol–water partition coefficient (Wildman–Crippen LogP) is 3.31. The van der Waals surface area contributed by atoms with Crippen LogP contribution in [0.25, 0.3) is 39.2 Å². The van der Waals surface area contributed by atoms with E-state index >= 15 is 0 Å². The Morgan fingerprint density at radius 3 is 2.65 bits per heavy atom. The molecule has 1 aliphatic heterocycles. The summed E-state index contributed by atoms with van der Waals surface area (Å²) in [5, 5.41) is 10.9. The summed E-state index contributed by atoms with van der Waals surface area (Å²) in [5.41, 5.74) is 5.78. The molecular formula is C22H18FN7O. The molecule has 2 aromatic carbocycles. The summed E-state index contributed by atoms with van der Waals surface area (Å²) in [7, 11) is 0. The van der Waals surface area contributed by atoms with E-state index in [-0.39, 0.29) is 5.82 Å². The highest BCUT2D eigenvalue weighted by Crippen LogP contribution is 2.36. The minimum atomic E-state index is -0.284. The molecule has 0 saturated carbocycles. The molecule has 1 saturated heterocycles. The van der Waals surface area contributed by atoms with Gasteiger partial charge in [-0.05, 0) is 36.4 Å². The van der Waals surface area contributed by atoms with Crippen molar-refractivity contribution in [3.63, 3.8) is 0 Å². The van der Waals surface area contributed by atoms with E-state index in [2.05, 4.69) is 25.3 Å². The van der Waals surface area contributed by atoms with E-state index < -0.39 is 0 Å². The Bertz CT molecular complexity index is 1390. The summed E-state index contributed by atoms with van der Waals surface area (Å²) in [5.74, 6) is 0.525. The lowest BCUT2D eigenvalue weighted by molar-refractivity contribution is 0.122. The smallest absolute Gasteiger partial charge is 0.181 e. The van der Waals surface area contributed by atoms with Crippen LogP contribution in [0.3, 0.4) is 0 Å². The van der Waals surface area contributed by atoms with Crippen LogP contribution < -0.4 is 4.90 Å². The number of benzene rings is 2. The van der Waals surface area contributed by atoms with Gasteiger partial charge in [-0.1, -0.05) is 11.3 Å². The van der Waals surface area contributed by atoms with Gasteiger partial charge in [0.1, 0.15) is 11.3 Å². The van der Waals surface area contributed by atoms with Crippen molar-refractivity contribution < 1.29 is 9.13 Å². The van der Waals surface area contributed by atoms with Crippen molar-refractivity contribution in [1.29, 1.82) is 0 Å². The van der Waals surface area contributed by atoms with Crippen molar-refractivity contribution >= 4 is 22.5 Å². The summed E-state index contributed by atoms with van der Waals surface area (Å²) in [6, 6.07) is 12.3. The number of aromatic amines is 1. The molecule has 0 spiro atoms. The molecule has 8 nitrogen and oxygen atoms in total. The Balaban J connectivity index is 1.62. The molecule has 154 valence electrons. The van der Waals surface area contributed by atoms with Gasteiger partial charge >= 0.3 is 0 Å². The van der Waals surface area contributed by atoms with Gasteiger partial charge in [0.05, 0.1) is 30.1 Å². The Kier molecular flexibility index (Phi) is 4.13. The van der Waals surface area contributed by atoms with Crippen LogP contribution in [0.1, 0.15) is 0 Å². The number of aromatic nitrogens is 6. The highest BCUT2D eigenvalue weighted by Gasteiger charge is 2.22. The van der Waals surface area contributed by atoms with Crippen molar-refractivity contribution in [1.82, 2.24) is 29.8 Å². The van der Waals surface area contributed by atoms with E-state index in [1.54, 1.807) is 18.3 Å². The van der Waals surface area contributed by atoms with Crippen LogP contribution in [0.5, 0.6) is 0 Å². The maximum atomic E-state index is 13.6. The third kappa shape index (κ3) is 3.01. The molecule has 0 radical (unpaired) electrons. The van der Waals surface area contributed by atoms with E-state index in [0.717, 1.165) is 58.1 Å². The quantitative estimate of drug-likeness (QED) is 0.487. The van der Waals surface area contributed by atoms with Crippen molar-refractivity contribution in [2.45, 2.75) is 0 Å². The standard InChI is InChI=1S/C22H18FN7O/c23-16-4-1-14(2-5-16)19-20(15-3-6-17-18(13-15)27-28-26-17)30-8-7-24-21(22(30)25-19)29-9-11-31-12-10-29/h1-8,13H,9-12H2,(H,26,27,28). The zero-order chi connectivity index (χ0) is 20.8. The maximum Gasteiger partial charge on any atom is 0.181 e. The molecule has 1 aliphatic rings. The van der Waals surface area contributed by atoms with Crippen molar-refractivity contribution in [2.24, 2.45) is 0 Å². The van der Waals surface area contributed by atoms with Crippen molar-refractivity contribution in [2.75, 3.05) is 31.2 Å². The normalized spacial score (nSPS) is 14.5. The summed E-state index contributed by atoms with van der Waals surface area (Å²) in [6.45, 7) is 2.82. The monoisotopic (exact) mass is 415 g/mol. The van der Waals surface area contributed by atoms with E-state index in [1.165, 1.54) is 12.1 Å². The topological polar surface area (TPSA) is 84.2 Å². The molecular weight excluding hydrogens is 397 g/mol. The first-order chi connectivity index (χ1) is 15.3. The number of halogens is 1. The number of nitrogens with zero attached hydrogens (tertiary/aromatic N) is 6. The van der Waals surface area contributed by atoms with E-state index in [9.17, 15) is 4.39 Å². The number of H-pyrrole nitrogens is 1. The average Bonchev–Trinajstić information content (AvgIpc) is 3.44. The van der Waals surface area contributed by atoms with E-state index in [0.29, 0.717) is 13.2 Å². The zero-order valence-electron chi connectivity index (χ0n) is 16.5. The van der Waals surface area contributed by atoms with Crippen LogP contribution in [-0.2, 0) is 4.74 Å². The van der Waals surface area contributed by atoms with Crippen LogP contribution in [0, 0.1) is 5.82 Å². The first kappa shape index (κ1) is 18.0. The second kappa shape index (κ2) is 7.13. The molecule has 5 aromatic rings. The fourth-order valence-electron chi connectivity index (χ4n) is 4.04. The lowest BCUT2D eigenvalue weighted by Crippen LogP contribution is -2.37.